The Hall–Kier alpha value is -1.40. The molecule has 21 heavy (non-hydrogen) atoms. The number of hydrogen-bond acceptors (Lipinski definition) is 3. The fourth-order valence-electron chi connectivity index (χ4n) is 2.37. The van der Waals surface area contributed by atoms with E-state index in [0.29, 0.717) is 13.1 Å². The molecule has 6 heteroatoms. The number of anilines is 1. The molecule has 114 valence electrons. The van der Waals surface area contributed by atoms with Crippen molar-refractivity contribution in [2.24, 2.45) is 0 Å². The maximum atomic E-state index is 12.3. The fourth-order valence-corrected chi connectivity index (χ4v) is 2.63. The molecular weight excluding hydrogens is 334 g/mol. The monoisotopic (exact) mass is 353 g/mol. The standard InChI is InChI=1S/C15H20BrN3O2/c1-11(18-7-9-19(10-8-18)12(2)20)15(21)17-14-5-3-13(16)4-6-14/h3-6,11H,7-10H2,1-2H3,(H,17,21)/t11-/m1/s1. The van der Waals surface area contributed by atoms with Crippen molar-refractivity contribution in [1.82, 2.24) is 9.80 Å². The molecule has 1 aliphatic rings. The van der Waals surface area contributed by atoms with Gasteiger partial charge in [0.05, 0.1) is 6.04 Å². The van der Waals surface area contributed by atoms with Gasteiger partial charge in [0.25, 0.3) is 0 Å². The van der Waals surface area contributed by atoms with Crippen LogP contribution in [0.2, 0.25) is 0 Å². The summed E-state index contributed by atoms with van der Waals surface area (Å²) in [6.07, 6.45) is 0. The highest BCUT2D eigenvalue weighted by molar-refractivity contribution is 9.10. The summed E-state index contributed by atoms with van der Waals surface area (Å²) < 4.78 is 0.980. The number of benzene rings is 1. The Morgan fingerprint density at radius 3 is 2.24 bits per heavy atom. The van der Waals surface area contributed by atoms with Gasteiger partial charge in [0, 0.05) is 43.3 Å². The number of rotatable bonds is 3. The first-order valence-corrected chi connectivity index (χ1v) is 7.82. The van der Waals surface area contributed by atoms with Crippen LogP contribution >= 0.6 is 15.9 Å². The normalized spacial score (nSPS) is 17.4. The van der Waals surface area contributed by atoms with Crippen LogP contribution in [0.25, 0.3) is 0 Å². The summed E-state index contributed by atoms with van der Waals surface area (Å²) in [5.74, 6) is 0.0789. The first-order valence-electron chi connectivity index (χ1n) is 7.03. The van der Waals surface area contributed by atoms with Crippen LogP contribution in [0.3, 0.4) is 0 Å². The van der Waals surface area contributed by atoms with Crippen LogP contribution in [0.5, 0.6) is 0 Å². The molecule has 0 saturated carbocycles. The van der Waals surface area contributed by atoms with Crippen molar-refractivity contribution in [2.75, 3.05) is 31.5 Å². The number of hydrogen-bond donors (Lipinski definition) is 1. The summed E-state index contributed by atoms with van der Waals surface area (Å²) in [4.78, 5) is 27.5. The van der Waals surface area contributed by atoms with Gasteiger partial charge in [-0.1, -0.05) is 15.9 Å². The summed E-state index contributed by atoms with van der Waals surface area (Å²) in [7, 11) is 0. The predicted octanol–water partition coefficient (Wildman–Crippen LogP) is 1.94. The molecule has 0 bridgehead atoms. The van der Waals surface area contributed by atoms with E-state index in [1.54, 1.807) is 6.92 Å². The molecule has 1 atom stereocenters. The SMILES string of the molecule is CC(=O)N1CCN([C@H](C)C(=O)Nc2ccc(Br)cc2)CC1. The lowest BCUT2D eigenvalue weighted by molar-refractivity contribution is -0.131. The largest absolute Gasteiger partial charge is 0.340 e. The van der Waals surface area contributed by atoms with Gasteiger partial charge in [0.2, 0.25) is 11.8 Å². The number of amides is 2. The number of nitrogens with zero attached hydrogens (tertiary/aromatic N) is 2. The van der Waals surface area contributed by atoms with Crippen molar-refractivity contribution in [3.05, 3.63) is 28.7 Å². The van der Waals surface area contributed by atoms with Crippen molar-refractivity contribution >= 4 is 33.4 Å². The Bertz CT molecular complexity index is 510. The van der Waals surface area contributed by atoms with Crippen molar-refractivity contribution in [3.63, 3.8) is 0 Å². The molecule has 0 aliphatic carbocycles. The van der Waals surface area contributed by atoms with Crippen LogP contribution in [0, 0.1) is 0 Å². The Morgan fingerprint density at radius 2 is 1.71 bits per heavy atom. The molecule has 1 N–H and O–H groups in total. The van der Waals surface area contributed by atoms with Crippen LogP contribution in [0.15, 0.2) is 28.7 Å². The van der Waals surface area contributed by atoms with E-state index in [0.717, 1.165) is 23.2 Å². The summed E-state index contributed by atoms with van der Waals surface area (Å²) in [5.41, 5.74) is 0.789. The minimum Gasteiger partial charge on any atom is -0.340 e. The lowest BCUT2D eigenvalue weighted by Gasteiger charge is -2.37. The van der Waals surface area contributed by atoms with E-state index in [1.165, 1.54) is 0 Å². The molecule has 1 aromatic carbocycles. The van der Waals surface area contributed by atoms with Crippen LogP contribution in [-0.2, 0) is 9.59 Å². The quantitative estimate of drug-likeness (QED) is 0.903. The van der Waals surface area contributed by atoms with E-state index in [1.807, 2.05) is 36.1 Å². The number of carbonyl (C=O) groups is 2. The van der Waals surface area contributed by atoms with Gasteiger partial charge in [-0.15, -0.1) is 0 Å². The highest BCUT2D eigenvalue weighted by Crippen LogP contribution is 2.15. The molecule has 1 aliphatic heterocycles. The third-order valence-corrected chi connectivity index (χ3v) is 4.33. The molecule has 2 rings (SSSR count). The molecule has 0 radical (unpaired) electrons. The second-order valence-electron chi connectivity index (χ2n) is 5.21. The van der Waals surface area contributed by atoms with Crippen molar-refractivity contribution in [2.45, 2.75) is 19.9 Å². The minimum atomic E-state index is -0.206. The van der Waals surface area contributed by atoms with Crippen molar-refractivity contribution in [3.8, 4) is 0 Å². The smallest absolute Gasteiger partial charge is 0.241 e. The fraction of sp³-hybridized carbons (Fsp3) is 0.467. The van der Waals surface area contributed by atoms with Gasteiger partial charge in [-0.2, -0.15) is 0 Å². The Balaban J connectivity index is 1.88. The van der Waals surface area contributed by atoms with Crippen molar-refractivity contribution in [1.29, 1.82) is 0 Å². The third kappa shape index (κ3) is 4.28. The third-order valence-electron chi connectivity index (χ3n) is 3.80. The van der Waals surface area contributed by atoms with Gasteiger partial charge in [0.15, 0.2) is 0 Å². The Kier molecular flexibility index (Phi) is 5.36. The number of nitrogens with one attached hydrogen (secondary N) is 1. The average Bonchev–Trinajstić information content (AvgIpc) is 2.49. The second kappa shape index (κ2) is 7.04. The number of piperazine rings is 1. The summed E-state index contributed by atoms with van der Waals surface area (Å²) in [6.45, 7) is 6.32. The summed E-state index contributed by atoms with van der Waals surface area (Å²) in [5, 5.41) is 2.92. The molecule has 0 aromatic heterocycles. The van der Waals surface area contributed by atoms with Gasteiger partial charge in [-0.05, 0) is 31.2 Å². The summed E-state index contributed by atoms with van der Waals surface area (Å²) in [6, 6.07) is 7.31. The topological polar surface area (TPSA) is 52.7 Å². The van der Waals surface area contributed by atoms with Crippen LogP contribution in [0.4, 0.5) is 5.69 Å². The zero-order valence-corrected chi connectivity index (χ0v) is 13.9. The van der Waals surface area contributed by atoms with Gasteiger partial charge in [0.1, 0.15) is 0 Å². The van der Waals surface area contributed by atoms with E-state index in [-0.39, 0.29) is 17.9 Å². The Labute approximate surface area is 133 Å². The first kappa shape index (κ1) is 16.0. The van der Waals surface area contributed by atoms with Gasteiger partial charge < -0.3 is 10.2 Å². The molecule has 0 unspecified atom stereocenters. The molecular formula is C15H20BrN3O2. The van der Waals surface area contributed by atoms with Gasteiger partial charge >= 0.3 is 0 Å². The molecule has 1 fully saturated rings. The zero-order chi connectivity index (χ0) is 15.4. The molecule has 2 amide bonds. The highest BCUT2D eigenvalue weighted by Gasteiger charge is 2.26. The molecule has 1 aromatic rings. The van der Waals surface area contributed by atoms with E-state index in [4.69, 9.17) is 0 Å². The van der Waals surface area contributed by atoms with E-state index in [9.17, 15) is 9.59 Å². The second-order valence-corrected chi connectivity index (χ2v) is 6.13. The van der Waals surface area contributed by atoms with Gasteiger partial charge in [-0.25, -0.2) is 0 Å². The van der Waals surface area contributed by atoms with E-state index in [2.05, 4.69) is 26.1 Å². The van der Waals surface area contributed by atoms with Crippen LogP contribution in [0.1, 0.15) is 13.8 Å². The zero-order valence-electron chi connectivity index (χ0n) is 12.3. The Morgan fingerprint density at radius 1 is 1.14 bits per heavy atom. The number of halogens is 1. The van der Waals surface area contributed by atoms with Crippen LogP contribution < -0.4 is 5.32 Å². The molecule has 1 saturated heterocycles. The van der Waals surface area contributed by atoms with Crippen LogP contribution in [-0.4, -0.2) is 53.8 Å². The molecule has 0 spiro atoms. The average molecular weight is 354 g/mol. The molecule has 1 heterocycles. The van der Waals surface area contributed by atoms with Gasteiger partial charge in [-0.3, -0.25) is 14.5 Å². The van der Waals surface area contributed by atoms with E-state index < -0.39 is 0 Å². The predicted molar refractivity (Wildman–Crippen MR) is 86.1 cm³/mol. The highest BCUT2D eigenvalue weighted by atomic mass is 79.9. The maximum absolute atomic E-state index is 12.3. The maximum Gasteiger partial charge on any atom is 0.241 e. The minimum absolute atomic E-state index is 0.0198. The lowest BCUT2D eigenvalue weighted by Crippen LogP contribution is -2.53. The van der Waals surface area contributed by atoms with Crippen molar-refractivity contribution < 1.29 is 9.59 Å². The first-order chi connectivity index (χ1) is 9.97. The summed E-state index contributed by atoms with van der Waals surface area (Å²) >= 11 is 3.37. The van der Waals surface area contributed by atoms with E-state index >= 15 is 0 Å². The number of carbonyl (C=O) groups excluding carboxylic acids is 2. The molecule has 5 nitrogen and oxygen atoms in total. The lowest BCUT2D eigenvalue weighted by atomic mass is 10.2.